The lowest BCUT2D eigenvalue weighted by atomic mass is 9.99. The van der Waals surface area contributed by atoms with Crippen molar-refractivity contribution in [1.82, 2.24) is 9.88 Å². The number of nitrogens with one attached hydrogen (secondary N) is 1. The highest BCUT2D eigenvalue weighted by molar-refractivity contribution is 6.05. The number of carbonyl (C=O) groups excluding carboxylic acids is 2. The maximum absolute atomic E-state index is 13.0. The predicted molar refractivity (Wildman–Crippen MR) is 103 cm³/mol. The molecule has 0 unspecified atom stereocenters. The lowest BCUT2D eigenvalue weighted by Gasteiger charge is -2.28. The fraction of sp³-hybridized carbons (Fsp3) is 0.136. The van der Waals surface area contributed by atoms with E-state index < -0.39 is 0 Å². The Labute approximate surface area is 161 Å². The molecule has 6 heteroatoms. The summed E-state index contributed by atoms with van der Waals surface area (Å²) in [4.78, 5) is 31.2. The van der Waals surface area contributed by atoms with Gasteiger partial charge in [0.15, 0.2) is 0 Å². The molecule has 0 spiro atoms. The second kappa shape index (κ2) is 7.60. The van der Waals surface area contributed by atoms with Crippen molar-refractivity contribution in [3.05, 3.63) is 95.1 Å². The van der Waals surface area contributed by atoms with Gasteiger partial charge in [-0.1, -0.05) is 24.3 Å². The summed E-state index contributed by atoms with van der Waals surface area (Å²) in [6.45, 7) is 1.15. The average Bonchev–Trinajstić information content (AvgIpc) is 2.74. The molecule has 0 radical (unpaired) electrons. The van der Waals surface area contributed by atoms with Gasteiger partial charge in [0, 0.05) is 30.5 Å². The first kappa shape index (κ1) is 17.9. The Bertz CT molecular complexity index is 1030. The Kier molecular flexibility index (Phi) is 4.85. The molecular formula is C22H18FN3O2. The van der Waals surface area contributed by atoms with E-state index in [1.807, 2.05) is 18.2 Å². The first-order valence-electron chi connectivity index (χ1n) is 8.99. The lowest BCUT2D eigenvalue weighted by Crippen LogP contribution is -2.36. The lowest BCUT2D eigenvalue weighted by molar-refractivity contribution is 0.0728. The number of hydrogen-bond donors (Lipinski definition) is 1. The molecule has 0 atom stereocenters. The first-order chi connectivity index (χ1) is 13.6. The highest BCUT2D eigenvalue weighted by atomic mass is 19.1. The molecule has 5 nitrogen and oxygen atoms in total. The molecule has 4 rings (SSSR count). The summed E-state index contributed by atoms with van der Waals surface area (Å²) in [6.07, 6.45) is 2.25. The molecule has 1 aromatic heterocycles. The monoisotopic (exact) mass is 375 g/mol. The maximum Gasteiger partial charge on any atom is 0.272 e. The summed E-state index contributed by atoms with van der Waals surface area (Å²) in [7, 11) is 0. The van der Waals surface area contributed by atoms with E-state index in [0.717, 1.165) is 12.0 Å². The van der Waals surface area contributed by atoms with Crippen LogP contribution in [0.3, 0.4) is 0 Å². The smallest absolute Gasteiger partial charge is 0.272 e. The SMILES string of the molecule is O=C(Nc1ccc(F)cc1)c1ccnc(C(=O)N2CCc3ccccc3C2)c1. The predicted octanol–water partition coefficient (Wildman–Crippen LogP) is 3.67. The van der Waals surface area contributed by atoms with Crippen molar-refractivity contribution in [1.29, 1.82) is 0 Å². The van der Waals surface area contributed by atoms with Crippen molar-refractivity contribution in [2.75, 3.05) is 11.9 Å². The molecule has 0 aliphatic carbocycles. The Morgan fingerprint density at radius 1 is 1.00 bits per heavy atom. The van der Waals surface area contributed by atoms with Crippen LogP contribution in [0.4, 0.5) is 10.1 Å². The molecule has 0 saturated heterocycles. The molecule has 0 fully saturated rings. The van der Waals surface area contributed by atoms with Crippen molar-refractivity contribution in [3.8, 4) is 0 Å². The zero-order valence-electron chi connectivity index (χ0n) is 15.1. The van der Waals surface area contributed by atoms with Crippen molar-refractivity contribution < 1.29 is 14.0 Å². The number of amides is 2. The van der Waals surface area contributed by atoms with Crippen LogP contribution in [0.2, 0.25) is 0 Å². The number of carbonyl (C=O) groups is 2. The number of anilines is 1. The maximum atomic E-state index is 13.0. The van der Waals surface area contributed by atoms with Crippen molar-refractivity contribution in [2.24, 2.45) is 0 Å². The highest BCUT2D eigenvalue weighted by Gasteiger charge is 2.23. The van der Waals surface area contributed by atoms with E-state index in [4.69, 9.17) is 0 Å². The van der Waals surface area contributed by atoms with E-state index in [1.54, 1.807) is 11.0 Å². The number of fused-ring (bicyclic) bond motifs is 1. The van der Waals surface area contributed by atoms with Crippen LogP contribution in [0.15, 0.2) is 66.9 Å². The highest BCUT2D eigenvalue weighted by Crippen LogP contribution is 2.20. The molecule has 2 amide bonds. The number of nitrogens with zero attached hydrogens (tertiary/aromatic N) is 2. The van der Waals surface area contributed by atoms with Crippen molar-refractivity contribution in [3.63, 3.8) is 0 Å². The molecule has 1 aliphatic rings. The van der Waals surface area contributed by atoms with Gasteiger partial charge in [-0.05, 0) is 53.9 Å². The van der Waals surface area contributed by atoms with Gasteiger partial charge >= 0.3 is 0 Å². The van der Waals surface area contributed by atoms with Crippen LogP contribution < -0.4 is 5.32 Å². The largest absolute Gasteiger partial charge is 0.333 e. The minimum Gasteiger partial charge on any atom is -0.333 e. The summed E-state index contributed by atoms with van der Waals surface area (Å²) in [6, 6.07) is 16.6. The van der Waals surface area contributed by atoms with Gasteiger partial charge in [-0.15, -0.1) is 0 Å². The molecule has 2 heterocycles. The number of aromatic nitrogens is 1. The molecule has 2 aromatic carbocycles. The minimum absolute atomic E-state index is 0.203. The molecule has 0 saturated carbocycles. The summed E-state index contributed by atoms with van der Waals surface area (Å²) >= 11 is 0. The van der Waals surface area contributed by atoms with Gasteiger partial charge in [0.25, 0.3) is 11.8 Å². The van der Waals surface area contributed by atoms with Crippen molar-refractivity contribution >= 4 is 17.5 Å². The Morgan fingerprint density at radius 3 is 2.54 bits per heavy atom. The topological polar surface area (TPSA) is 62.3 Å². The zero-order valence-corrected chi connectivity index (χ0v) is 15.1. The summed E-state index contributed by atoms with van der Waals surface area (Å²) in [5, 5.41) is 2.69. The van der Waals surface area contributed by atoms with E-state index in [-0.39, 0.29) is 23.3 Å². The van der Waals surface area contributed by atoms with Crippen LogP contribution in [0.1, 0.15) is 32.0 Å². The summed E-state index contributed by atoms with van der Waals surface area (Å²) in [5.41, 5.74) is 3.41. The third kappa shape index (κ3) is 3.76. The summed E-state index contributed by atoms with van der Waals surface area (Å²) in [5.74, 6) is -0.962. The van der Waals surface area contributed by atoms with Gasteiger partial charge < -0.3 is 10.2 Å². The Hall–Kier alpha value is -3.54. The first-order valence-corrected chi connectivity index (χ1v) is 8.99. The van der Waals surface area contributed by atoms with Crippen LogP contribution in [-0.2, 0) is 13.0 Å². The zero-order chi connectivity index (χ0) is 19.5. The molecule has 28 heavy (non-hydrogen) atoms. The van der Waals surface area contributed by atoms with E-state index in [9.17, 15) is 14.0 Å². The van der Waals surface area contributed by atoms with E-state index in [1.165, 1.54) is 42.1 Å². The average molecular weight is 375 g/mol. The van der Waals surface area contributed by atoms with Gasteiger partial charge in [0.2, 0.25) is 0 Å². The van der Waals surface area contributed by atoms with Gasteiger partial charge in [-0.3, -0.25) is 14.6 Å². The Balaban J connectivity index is 1.49. The van der Waals surface area contributed by atoms with Gasteiger partial charge in [-0.25, -0.2) is 4.39 Å². The fourth-order valence-corrected chi connectivity index (χ4v) is 3.26. The van der Waals surface area contributed by atoms with Crippen LogP contribution in [0.5, 0.6) is 0 Å². The van der Waals surface area contributed by atoms with Crippen LogP contribution in [0, 0.1) is 5.82 Å². The quantitative estimate of drug-likeness (QED) is 0.760. The third-order valence-corrected chi connectivity index (χ3v) is 4.76. The normalized spacial score (nSPS) is 13.0. The second-order valence-corrected chi connectivity index (χ2v) is 6.64. The number of rotatable bonds is 3. The number of benzene rings is 2. The number of pyridine rings is 1. The third-order valence-electron chi connectivity index (χ3n) is 4.76. The summed E-state index contributed by atoms with van der Waals surface area (Å²) < 4.78 is 13.0. The second-order valence-electron chi connectivity index (χ2n) is 6.64. The van der Waals surface area contributed by atoms with Crippen LogP contribution in [-0.4, -0.2) is 28.2 Å². The van der Waals surface area contributed by atoms with Crippen LogP contribution >= 0.6 is 0 Å². The standard InChI is InChI=1S/C22H18FN3O2/c23-18-5-7-19(8-6-18)25-21(27)16-9-11-24-20(13-16)22(28)26-12-10-15-3-1-2-4-17(15)14-26/h1-9,11,13H,10,12,14H2,(H,25,27). The molecule has 3 aromatic rings. The molecule has 1 aliphatic heterocycles. The van der Waals surface area contributed by atoms with Gasteiger partial charge in [0.05, 0.1) is 0 Å². The van der Waals surface area contributed by atoms with Gasteiger partial charge in [0.1, 0.15) is 11.5 Å². The van der Waals surface area contributed by atoms with E-state index in [2.05, 4.69) is 16.4 Å². The molecule has 0 bridgehead atoms. The van der Waals surface area contributed by atoms with E-state index >= 15 is 0 Å². The molecule has 140 valence electrons. The minimum atomic E-state index is -0.382. The molecule has 1 N–H and O–H groups in total. The van der Waals surface area contributed by atoms with Gasteiger partial charge in [-0.2, -0.15) is 0 Å². The van der Waals surface area contributed by atoms with E-state index in [0.29, 0.717) is 24.3 Å². The Morgan fingerprint density at radius 2 is 1.75 bits per heavy atom. The number of hydrogen-bond acceptors (Lipinski definition) is 3. The van der Waals surface area contributed by atoms with Crippen molar-refractivity contribution in [2.45, 2.75) is 13.0 Å². The molecular weight excluding hydrogens is 357 g/mol. The fourth-order valence-electron chi connectivity index (χ4n) is 3.26. The van der Waals surface area contributed by atoms with Crippen LogP contribution in [0.25, 0.3) is 0 Å². The number of halogens is 1.